The Labute approximate surface area is 110 Å². The molecule has 1 aliphatic heterocycles. The molecule has 98 valence electrons. The van der Waals surface area contributed by atoms with Gasteiger partial charge >= 0.3 is 0 Å². The van der Waals surface area contributed by atoms with Gasteiger partial charge in [0.2, 0.25) is 11.8 Å². The summed E-state index contributed by atoms with van der Waals surface area (Å²) < 4.78 is 5.34. The van der Waals surface area contributed by atoms with Crippen LogP contribution >= 0.6 is 11.3 Å². The van der Waals surface area contributed by atoms with Crippen molar-refractivity contribution in [2.45, 2.75) is 12.5 Å². The molecule has 6 heteroatoms. The number of likely N-dealkylation sites (tertiary alicyclic amines) is 1. The van der Waals surface area contributed by atoms with Crippen LogP contribution in [0.25, 0.3) is 0 Å². The maximum Gasteiger partial charge on any atom is 0.245 e. The fourth-order valence-corrected chi connectivity index (χ4v) is 2.38. The molecule has 0 unspecified atom stereocenters. The van der Waals surface area contributed by atoms with Crippen LogP contribution in [0.5, 0.6) is 0 Å². The number of nitrogens with zero attached hydrogens (tertiary/aromatic N) is 1. The third kappa shape index (κ3) is 3.30. The summed E-state index contributed by atoms with van der Waals surface area (Å²) in [6, 6.07) is 3.90. The van der Waals surface area contributed by atoms with Crippen molar-refractivity contribution in [2.75, 3.05) is 26.7 Å². The summed E-state index contributed by atoms with van der Waals surface area (Å²) >= 11 is 1.59. The van der Waals surface area contributed by atoms with Crippen LogP contribution in [-0.2, 0) is 20.7 Å². The smallest absolute Gasteiger partial charge is 0.245 e. The fraction of sp³-hybridized carbons (Fsp3) is 0.500. The van der Waals surface area contributed by atoms with E-state index in [0.717, 1.165) is 4.88 Å². The van der Waals surface area contributed by atoms with Crippen LogP contribution in [0.1, 0.15) is 4.88 Å². The van der Waals surface area contributed by atoms with Gasteiger partial charge in [0.25, 0.3) is 0 Å². The van der Waals surface area contributed by atoms with Gasteiger partial charge in [-0.05, 0) is 11.4 Å². The van der Waals surface area contributed by atoms with Gasteiger partial charge in [0.1, 0.15) is 6.61 Å². The van der Waals surface area contributed by atoms with Crippen molar-refractivity contribution < 1.29 is 14.3 Å². The minimum absolute atomic E-state index is 0.00501. The van der Waals surface area contributed by atoms with Crippen LogP contribution in [0.4, 0.5) is 0 Å². The molecule has 0 aromatic carbocycles. The van der Waals surface area contributed by atoms with Gasteiger partial charge in [0.05, 0.1) is 12.5 Å². The number of carbonyl (C=O) groups is 2. The zero-order chi connectivity index (χ0) is 13.0. The lowest BCUT2D eigenvalue weighted by atomic mass is 10.1. The molecule has 2 rings (SSSR count). The average molecular weight is 268 g/mol. The normalized spacial score (nSPS) is 15.3. The highest BCUT2D eigenvalue weighted by molar-refractivity contribution is 7.10. The maximum atomic E-state index is 11.8. The predicted octanol–water partition coefficient (Wildman–Crippen LogP) is 0.264. The fourth-order valence-electron chi connectivity index (χ4n) is 1.69. The summed E-state index contributed by atoms with van der Waals surface area (Å²) in [6.07, 6.45) is 0.453. The maximum absolute atomic E-state index is 11.8. The molecule has 1 aliphatic rings. The molecule has 1 N–H and O–H groups in total. The van der Waals surface area contributed by atoms with Crippen LogP contribution in [-0.4, -0.2) is 49.6 Å². The van der Waals surface area contributed by atoms with Gasteiger partial charge in [-0.15, -0.1) is 11.3 Å². The first-order chi connectivity index (χ1) is 8.69. The first-order valence-electron chi connectivity index (χ1n) is 5.81. The number of likely N-dealkylation sites (N-methyl/N-ethyl adjacent to an activating group) is 1. The molecule has 0 aliphatic carbocycles. The highest BCUT2D eigenvalue weighted by atomic mass is 32.1. The summed E-state index contributed by atoms with van der Waals surface area (Å²) in [6.45, 7) is 1.23. The van der Waals surface area contributed by atoms with E-state index in [9.17, 15) is 9.59 Å². The molecule has 0 spiro atoms. The third-order valence-corrected chi connectivity index (χ3v) is 3.71. The second-order valence-electron chi connectivity index (χ2n) is 4.16. The quantitative estimate of drug-likeness (QED) is 0.833. The standard InChI is InChI=1S/C12H16N2O3S/c1-13-11(15)8-17-9-6-14(7-9)12(16)5-10-3-2-4-18-10/h2-4,9H,5-8H2,1H3,(H,13,15). The number of amides is 2. The lowest BCUT2D eigenvalue weighted by Gasteiger charge is -2.38. The van der Waals surface area contributed by atoms with Crippen molar-refractivity contribution in [3.8, 4) is 0 Å². The summed E-state index contributed by atoms with van der Waals surface area (Å²) in [4.78, 5) is 25.6. The van der Waals surface area contributed by atoms with E-state index < -0.39 is 0 Å². The van der Waals surface area contributed by atoms with Crippen molar-refractivity contribution in [3.05, 3.63) is 22.4 Å². The van der Waals surface area contributed by atoms with Crippen molar-refractivity contribution in [1.82, 2.24) is 10.2 Å². The number of hydrogen-bond acceptors (Lipinski definition) is 4. The molecule has 0 bridgehead atoms. The van der Waals surface area contributed by atoms with Gasteiger partial charge in [0.15, 0.2) is 0 Å². The highest BCUT2D eigenvalue weighted by Gasteiger charge is 2.31. The average Bonchev–Trinajstić information content (AvgIpc) is 2.79. The van der Waals surface area contributed by atoms with E-state index in [4.69, 9.17) is 4.74 Å². The van der Waals surface area contributed by atoms with Gasteiger partial charge in [-0.3, -0.25) is 9.59 Å². The van der Waals surface area contributed by atoms with Crippen molar-refractivity contribution in [2.24, 2.45) is 0 Å². The number of ether oxygens (including phenoxy) is 1. The Balaban J connectivity index is 1.66. The number of rotatable bonds is 5. The Morgan fingerprint density at radius 1 is 1.56 bits per heavy atom. The molecule has 5 nitrogen and oxygen atoms in total. The number of carbonyl (C=O) groups excluding carboxylic acids is 2. The first-order valence-corrected chi connectivity index (χ1v) is 6.69. The molecule has 0 atom stereocenters. The van der Waals surface area contributed by atoms with E-state index in [-0.39, 0.29) is 24.5 Å². The third-order valence-electron chi connectivity index (χ3n) is 2.84. The largest absolute Gasteiger partial charge is 0.365 e. The Morgan fingerprint density at radius 2 is 2.33 bits per heavy atom. The Kier molecular flexibility index (Phi) is 4.33. The van der Waals surface area contributed by atoms with E-state index in [1.54, 1.807) is 23.3 Å². The summed E-state index contributed by atoms with van der Waals surface area (Å²) in [5.41, 5.74) is 0. The second-order valence-corrected chi connectivity index (χ2v) is 5.19. The molecule has 2 amide bonds. The Bertz CT molecular complexity index is 413. The zero-order valence-electron chi connectivity index (χ0n) is 10.2. The number of thiophene rings is 1. The van der Waals surface area contributed by atoms with E-state index >= 15 is 0 Å². The second kappa shape index (κ2) is 5.97. The summed E-state index contributed by atoms with van der Waals surface area (Å²) in [7, 11) is 1.57. The molecule has 1 aromatic heterocycles. The Morgan fingerprint density at radius 3 is 2.94 bits per heavy atom. The lowest BCUT2D eigenvalue weighted by Crippen LogP contribution is -2.55. The Hall–Kier alpha value is -1.40. The molecule has 1 aromatic rings. The minimum atomic E-state index is -0.140. The van der Waals surface area contributed by atoms with E-state index in [1.165, 1.54) is 0 Å². The molecule has 18 heavy (non-hydrogen) atoms. The molecular formula is C12H16N2O3S. The van der Waals surface area contributed by atoms with Crippen LogP contribution in [0, 0.1) is 0 Å². The molecular weight excluding hydrogens is 252 g/mol. The van der Waals surface area contributed by atoms with Gasteiger partial charge in [0, 0.05) is 25.0 Å². The number of nitrogens with one attached hydrogen (secondary N) is 1. The van der Waals surface area contributed by atoms with Gasteiger partial charge in [-0.2, -0.15) is 0 Å². The van der Waals surface area contributed by atoms with Crippen LogP contribution in [0.3, 0.4) is 0 Å². The van der Waals surface area contributed by atoms with Crippen molar-refractivity contribution in [1.29, 1.82) is 0 Å². The lowest BCUT2D eigenvalue weighted by molar-refractivity contribution is -0.147. The van der Waals surface area contributed by atoms with Crippen LogP contribution < -0.4 is 5.32 Å². The summed E-state index contributed by atoms with van der Waals surface area (Å²) in [5, 5.41) is 4.46. The summed E-state index contributed by atoms with van der Waals surface area (Å²) in [5.74, 6) is -0.0180. The molecule has 2 heterocycles. The number of hydrogen-bond donors (Lipinski definition) is 1. The molecule has 1 fully saturated rings. The van der Waals surface area contributed by atoms with E-state index in [2.05, 4.69) is 5.32 Å². The van der Waals surface area contributed by atoms with Crippen molar-refractivity contribution in [3.63, 3.8) is 0 Å². The molecule has 1 saturated heterocycles. The topological polar surface area (TPSA) is 58.6 Å². The predicted molar refractivity (Wildman–Crippen MR) is 68.4 cm³/mol. The van der Waals surface area contributed by atoms with E-state index in [1.807, 2.05) is 17.5 Å². The highest BCUT2D eigenvalue weighted by Crippen LogP contribution is 2.16. The minimum Gasteiger partial charge on any atom is -0.365 e. The first kappa shape index (κ1) is 13.0. The monoisotopic (exact) mass is 268 g/mol. The van der Waals surface area contributed by atoms with Crippen LogP contribution in [0.15, 0.2) is 17.5 Å². The van der Waals surface area contributed by atoms with Gasteiger partial charge in [-0.1, -0.05) is 6.07 Å². The van der Waals surface area contributed by atoms with Crippen LogP contribution in [0.2, 0.25) is 0 Å². The zero-order valence-corrected chi connectivity index (χ0v) is 11.0. The molecule has 0 saturated carbocycles. The molecule has 0 radical (unpaired) electrons. The van der Waals surface area contributed by atoms with Crippen molar-refractivity contribution >= 4 is 23.2 Å². The van der Waals surface area contributed by atoms with Gasteiger partial charge in [-0.25, -0.2) is 0 Å². The van der Waals surface area contributed by atoms with Gasteiger partial charge < -0.3 is 15.0 Å². The van der Waals surface area contributed by atoms with E-state index in [0.29, 0.717) is 19.5 Å². The SMILES string of the molecule is CNC(=O)COC1CN(C(=O)Cc2cccs2)C1.